The van der Waals surface area contributed by atoms with Gasteiger partial charge in [0.15, 0.2) is 0 Å². The minimum absolute atomic E-state index is 0.0252. The van der Waals surface area contributed by atoms with Gasteiger partial charge in [-0.1, -0.05) is 17.7 Å². The summed E-state index contributed by atoms with van der Waals surface area (Å²) < 4.78 is 19.0. The third kappa shape index (κ3) is 2.51. The van der Waals surface area contributed by atoms with Crippen molar-refractivity contribution >= 4 is 11.6 Å². The summed E-state index contributed by atoms with van der Waals surface area (Å²) in [7, 11) is 0. The first-order valence-electron chi connectivity index (χ1n) is 6.90. The van der Waals surface area contributed by atoms with E-state index >= 15 is 0 Å². The van der Waals surface area contributed by atoms with Crippen molar-refractivity contribution in [2.75, 3.05) is 13.2 Å². The first kappa shape index (κ1) is 13.3. The van der Waals surface area contributed by atoms with Gasteiger partial charge in [0.25, 0.3) is 0 Å². The average Bonchev–Trinajstić information content (AvgIpc) is 3.15. The fraction of sp³-hybridized carbons (Fsp3) is 0.600. The van der Waals surface area contributed by atoms with Crippen LogP contribution < -0.4 is 5.73 Å². The summed E-state index contributed by atoms with van der Waals surface area (Å²) in [5.74, 6) is 0.363. The molecule has 0 amide bonds. The molecule has 1 heterocycles. The standard InChI is InChI=1S/C15H19ClFNO/c16-13-7-12(17)4-3-11(13)8-15(9-18)5-6-19-14(15)10-1-2-10/h3-4,7,10,14H,1-2,5-6,8-9,18H2. The second-order valence-corrected chi connectivity index (χ2v) is 6.27. The van der Waals surface area contributed by atoms with E-state index in [2.05, 4.69) is 0 Å². The molecule has 2 fully saturated rings. The summed E-state index contributed by atoms with van der Waals surface area (Å²) in [6.07, 6.45) is 4.48. The van der Waals surface area contributed by atoms with Crippen LogP contribution in [0, 0.1) is 17.2 Å². The van der Waals surface area contributed by atoms with Crippen LogP contribution in [0.4, 0.5) is 4.39 Å². The molecule has 1 aliphatic carbocycles. The van der Waals surface area contributed by atoms with Crippen molar-refractivity contribution in [1.82, 2.24) is 0 Å². The molecule has 1 aromatic rings. The van der Waals surface area contributed by atoms with E-state index in [4.69, 9.17) is 22.1 Å². The Morgan fingerprint density at radius 2 is 2.21 bits per heavy atom. The fourth-order valence-corrected chi connectivity index (χ4v) is 3.50. The van der Waals surface area contributed by atoms with Crippen molar-refractivity contribution < 1.29 is 9.13 Å². The summed E-state index contributed by atoms with van der Waals surface area (Å²) >= 11 is 6.15. The zero-order valence-corrected chi connectivity index (χ0v) is 11.6. The molecule has 0 bridgehead atoms. The number of nitrogens with two attached hydrogens (primary N) is 1. The normalized spacial score (nSPS) is 30.8. The summed E-state index contributed by atoms with van der Waals surface area (Å²) in [5, 5.41) is 0.495. The lowest BCUT2D eigenvalue weighted by Crippen LogP contribution is -2.41. The highest BCUT2D eigenvalue weighted by atomic mass is 35.5. The number of halogens is 2. The van der Waals surface area contributed by atoms with E-state index in [9.17, 15) is 4.39 Å². The SMILES string of the molecule is NCC1(Cc2ccc(F)cc2Cl)CCOC1C1CC1. The third-order valence-corrected chi connectivity index (χ3v) is 4.87. The molecule has 1 saturated heterocycles. The van der Waals surface area contributed by atoms with Crippen LogP contribution in [-0.4, -0.2) is 19.3 Å². The molecule has 1 saturated carbocycles. The molecule has 2 atom stereocenters. The van der Waals surface area contributed by atoms with Gasteiger partial charge in [-0.25, -0.2) is 4.39 Å². The zero-order chi connectivity index (χ0) is 13.5. The van der Waals surface area contributed by atoms with E-state index in [0.717, 1.165) is 25.0 Å². The Bertz CT molecular complexity index is 477. The van der Waals surface area contributed by atoms with Gasteiger partial charge in [0.05, 0.1) is 6.10 Å². The molecular weight excluding hydrogens is 265 g/mol. The first-order chi connectivity index (χ1) is 9.14. The molecule has 0 aromatic heterocycles. The molecule has 0 radical (unpaired) electrons. The molecular formula is C15H19ClFNO. The Morgan fingerprint density at radius 3 is 2.84 bits per heavy atom. The Balaban J connectivity index is 1.85. The average molecular weight is 284 g/mol. The highest BCUT2D eigenvalue weighted by Crippen LogP contribution is 2.49. The van der Waals surface area contributed by atoms with Crippen molar-refractivity contribution in [3.63, 3.8) is 0 Å². The highest BCUT2D eigenvalue weighted by Gasteiger charge is 2.50. The van der Waals surface area contributed by atoms with Crippen molar-refractivity contribution in [1.29, 1.82) is 0 Å². The van der Waals surface area contributed by atoms with Gasteiger partial charge in [-0.15, -0.1) is 0 Å². The van der Waals surface area contributed by atoms with Crippen molar-refractivity contribution in [2.24, 2.45) is 17.1 Å². The lowest BCUT2D eigenvalue weighted by atomic mass is 9.74. The van der Waals surface area contributed by atoms with Crippen LogP contribution in [0.15, 0.2) is 18.2 Å². The minimum atomic E-state index is -0.294. The highest BCUT2D eigenvalue weighted by molar-refractivity contribution is 6.31. The van der Waals surface area contributed by atoms with E-state index in [-0.39, 0.29) is 17.3 Å². The maximum absolute atomic E-state index is 13.1. The maximum Gasteiger partial charge on any atom is 0.124 e. The van der Waals surface area contributed by atoms with Gasteiger partial charge >= 0.3 is 0 Å². The van der Waals surface area contributed by atoms with Gasteiger partial charge in [0.1, 0.15) is 5.82 Å². The molecule has 0 spiro atoms. The van der Waals surface area contributed by atoms with Gasteiger partial charge in [0.2, 0.25) is 0 Å². The van der Waals surface area contributed by atoms with Crippen LogP contribution in [0.5, 0.6) is 0 Å². The third-order valence-electron chi connectivity index (χ3n) is 4.52. The zero-order valence-electron chi connectivity index (χ0n) is 10.9. The predicted octanol–water partition coefficient (Wildman–Crippen LogP) is 3.17. The molecule has 104 valence electrons. The fourth-order valence-electron chi connectivity index (χ4n) is 3.27. The van der Waals surface area contributed by atoms with E-state index < -0.39 is 0 Å². The van der Waals surface area contributed by atoms with Crippen molar-refractivity contribution in [3.05, 3.63) is 34.6 Å². The van der Waals surface area contributed by atoms with Crippen LogP contribution in [0.3, 0.4) is 0 Å². The minimum Gasteiger partial charge on any atom is -0.377 e. The topological polar surface area (TPSA) is 35.2 Å². The smallest absolute Gasteiger partial charge is 0.124 e. The largest absolute Gasteiger partial charge is 0.377 e. The van der Waals surface area contributed by atoms with Crippen LogP contribution in [0.25, 0.3) is 0 Å². The van der Waals surface area contributed by atoms with Crippen molar-refractivity contribution in [3.8, 4) is 0 Å². The Morgan fingerprint density at radius 1 is 1.42 bits per heavy atom. The van der Waals surface area contributed by atoms with E-state index in [1.165, 1.54) is 25.0 Å². The summed E-state index contributed by atoms with van der Waals surface area (Å²) in [6, 6.07) is 4.62. The Kier molecular flexibility index (Phi) is 3.54. The maximum atomic E-state index is 13.1. The van der Waals surface area contributed by atoms with E-state index in [1.54, 1.807) is 6.07 Å². The van der Waals surface area contributed by atoms with Gasteiger partial charge in [-0.2, -0.15) is 0 Å². The molecule has 19 heavy (non-hydrogen) atoms. The Hall–Kier alpha value is -0.640. The number of hydrogen-bond acceptors (Lipinski definition) is 2. The number of hydrogen-bond donors (Lipinski definition) is 1. The predicted molar refractivity (Wildman–Crippen MR) is 73.7 cm³/mol. The number of ether oxygens (including phenoxy) is 1. The quantitative estimate of drug-likeness (QED) is 0.921. The first-order valence-corrected chi connectivity index (χ1v) is 7.28. The molecule has 2 aliphatic rings. The van der Waals surface area contributed by atoms with E-state index in [0.29, 0.717) is 17.5 Å². The van der Waals surface area contributed by atoms with Gasteiger partial charge in [-0.05, 0) is 49.3 Å². The van der Waals surface area contributed by atoms with Crippen LogP contribution in [-0.2, 0) is 11.2 Å². The molecule has 2 nitrogen and oxygen atoms in total. The van der Waals surface area contributed by atoms with Crippen LogP contribution >= 0.6 is 11.6 Å². The molecule has 4 heteroatoms. The molecule has 2 unspecified atom stereocenters. The lowest BCUT2D eigenvalue weighted by molar-refractivity contribution is 0.0345. The summed E-state index contributed by atoms with van der Waals surface area (Å²) in [6.45, 7) is 1.37. The number of benzene rings is 1. The Labute approximate surface area is 118 Å². The second kappa shape index (κ2) is 5.04. The van der Waals surface area contributed by atoms with Crippen LogP contribution in [0.2, 0.25) is 5.02 Å². The van der Waals surface area contributed by atoms with E-state index in [1.807, 2.05) is 0 Å². The molecule has 1 aromatic carbocycles. The molecule has 2 N–H and O–H groups in total. The van der Waals surface area contributed by atoms with Gasteiger partial charge in [0, 0.05) is 23.6 Å². The van der Waals surface area contributed by atoms with Gasteiger partial charge in [-0.3, -0.25) is 0 Å². The second-order valence-electron chi connectivity index (χ2n) is 5.86. The van der Waals surface area contributed by atoms with Crippen molar-refractivity contribution in [2.45, 2.75) is 31.8 Å². The lowest BCUT2D eigenvalue weighted by Gasteiger charge is -2.33. The summed E-state index contributed by atoms with van der Waals surface area (Å²) in [5.41, 5.74) is 7.01. The molecule has 3 rings (SSSR count). The number of rotatable bonds is 4. The van der Waals surface area contributed by atoms with Gasteiger partial charge < -0.3 is 10.5 Å². The van der Waals surface area contributed by atoms with Crippen LogP contribution in [0.1, 0.15) is 24.8 Å². The summed E-state index contributed by atoms with van der Waals surface area (Å²) in [4.78, 5) is 0. The molecule has 1 aliphatic heterocycles. The monoisotopic (exact) mass is 283 g/mol.